The second-order valence-corrected chi connectivity index (χ2v) is 11.7. The van der Waals surface area contributed by atoms with E-state index in [9.17, 15) is 18.4 Å². The van der Waals surface area contributed by atoms with Crippen molar-refractivity contribution >= 4 is 12.3 Å². The van der Waals surface area contributed by atoms with Crippen LogP contribution in [0.25, 0.3) is 5.69 Å². The van der Waals surface area contributed by atoms with E-state index < -0.39 is 22.6 Å². The van der Waals surface area contributed by atoms with Crippen LogP contribution in [0.3, 0.4) is 0 Å². The Morgan fingerprint density at radius 1 is 1.00 bits per heavy atom. The summed E-state index contributed by atoms with van der Waals surface area (Å²) in [7, 11) is 1.50. The Bertz CT molecular complexity index is 1650. The Labute approximate surface area is 259 Å². The van der Waals surface area contributed by atoms with Gasteiger partial charge in [-0.1, -0.05) is 6.07 Å². The van der Waals surface area contributed by atoms with Crippen molar-refractivity contribution in [2.75, 3.05) is 39.8 Å². The lowest BCUT2D eigenvalue weighted by molar-refractivity contribution is -0.112. The lowest BCUT2D eigenvalue weighted by Crippen LogP contribution is -2.51. The molecule has 234 valence electrons. The van der Waals surface area contributed by atoms with E-state index in [1.807, 2.05) is 12.1 Å². The zero-order valence-electron chi connectivity index (χ0n) is 24.9. The van der Waals surface area contributed by atoms with Crippen molar-refractivity contribution < 1.29 is 23.1 Å². The number of benzene rings is 2. The highest BCUT2D eigenvalue weighted by Gasteiger charge is 2.43. The number of tetrazole rings is 1. The molecular formula is C32H34F2N8O3. The summed E-state index contributed by atoms with van der Waals surface area (Å²) in [6, 6.07) is 13.1. The summed E-state index contributed by atoms with van der Waals surface area (Å²) >= 11 is 0. The predicted molar refractivity (Wildman–Crippen MR) is 160 cm³/mol. The molecule has 2 aliphatic rings. The van der Waals surface area contributed by atoms with Crippen LogP contribution >= 0.6 is 0 Å². The number of hydrogen-bond donors (Lipinski definition) is 1. The van der Waals surface area contributed by atoms with Crippen LogP contribution in [0.5, 0.6) is 5.75 Å². The maximum absolute atomic E-state index is 14.6. The topological polar surface area (TPSA) is 118 Å². The van der Waals surface area contributed by atoms with Crippen LogP contribution in [-0.2, 0) is 15.7 Å². The standard InChI is InChI=1S/C32H34F2N8O3/c1-45-29-5-3-25(42-21-37-38-39-42)19-26(29)30(44)41-17-9-31(20-41,24-2-4-27(33)28(34)18-24)8-14-40-15-10-32(11-16-40,36-22-43)23-6-12-35-13-7-23/h2-7,12-13,18-19,21-22H,8-11,14-17,20H2,1H3,(H,36,43). The maximum Gasteiger partial charge on any atom is 0.257 e. The van der Waals surface area contributed by atoms with E-state index in [0.29, 0.717) is 55.0 Å². The van der Waals surface area contributed by atoms with Crippen molar-refractivity contribution in [3.63, 3.8) is 0 Å². The summed E-state index contributed by atoms with van der Waals surface area (Å²) in [5, 5.41) is 14.3. The zero-order valence-corrected chi connectivity index (χ0v) is 24.9. The van der Waals surface area contributed by atoms with Gasteiger partial charge in [0.2, 0.25) is 6.41 Å². The van der Waals surface area contributed by atoms with Gasteiger partial charge in [0.05, 0.1) is 23.9 Å². The molecular weight excluding hydrogens is 582 g/mol. The SMILES string of the molecule is COc1ccc(-n2cnnn2)cc1C(=O)N1CCC(CCN2CCC(NC=O)(c3ccncc3)CC2)(c2ccc(F)c(F)c2)C1. The third-order valence-corrected chi connectivity index (χ3v) is 9.38. The van der Waals surface area contributed by atoms with Crippen LogP contribution in [0.2, 0.25) is 0 Å². The van der Waals surface area contributed by atoms with E-state index in [-0.39, 0.29) is 5.91 Å². The molecule has 2 fully saturated rings. The Morgan fingerprint density at radius 3 is 2.49 bits per heavy atom. The van der Waals surface area contributed by atoms with Gasteiger partial charge in [-0.15, -0.1) is 5.10 Å². The molecule has 2 aromatic heterocycles. The van der Waals surface area contributed by atoms with E-state index in [1.165, 1.54) is 24.2 Å². The largest absolute Gasteiger partial charge is 0.496 e. The number of amides is 2. The van der Waals surface area contributed by atoms with E-state index >= 15 is 0 Å². The first kappa shape index (κ1) is 30.3. The van der Waals surface area contributed by atoms with Gasteiger partial charge in [-0.2, -0.15) is 0 Å². The number of ether oxygens (including phenoxy) is 1. The van der Waals surface area contributed by atoms with E-state index in [0.717, 1.165) is 44.0 Å². The van der Waals surface area contributed by atoms with Gasteiger partial charge in [0, 0.05) is 44.0 Å². The third-order valence-electron chi connectivity index (χ3n) is 9.38. The van der Waals surface area contributed by atoms with Crippen LogP contribution in [0.1, 0.15) is 47.2 Å². The van der Waals surface area contributed by atoms with Gasteiger partial charge in [0.25, 0.3) is 5.91 Å². The van der Waals surface area contributed by atoms with E-state index in [1.54, 1.807) is 41.6 Å². The third kappa shape index (κ3) is 5.99. The summed E-state index contributed by atoms with van der Waals surface area (Å²) in [4.78, 5) is 33.7. The van der Waals surface area contributed by atoms with Crippen LogP contribution in [0.15, 0.2) is 67.3 Å². The van der Waals surface area contributed by atoms with Crippen molar-refractivity contribution in [2.45, 2.75) is 36.6 Å². The first-order valence-corrected chi connectivity index (χ1v) is 14.9. The summed E-state index contributed by atoms with van der Waals surface area (Å²) in [6.07, 6.45) is 8.31. The normalized spacial score (nSPS) is 19.8. The van der Waals surface area contributed by atoms with Crippen molar-refractivity contribution in [1.29, 1.82) is 0 Å². The Balaban J connectivity index is 1.22. The first-order valence-electron chi connectivity index (χ1n) is 14.9. The Morgan fingerprint density at radius 2 is 1.80 bits per heavy atom. The van der Waals surface area contributed by atoms with Crippen LogP contribution in [0, 0.1) is 11.6 Å². The molecule has 6 rings (SSSR count). The first-order chi connectivity index (χ1) is 21.9. The number of halogens is 2. The number of pyridine rings is 1. The van der Waals surface area contributed by atoms with Gasteiger partial charge in [-0.25, -0.2) is 13.5 Å². The van der Waals surface area contributed by atoms with Crippen molar-refractivity contribution in [3.05, 3.63) is 95.6 Å². The van der Waals surface area contributed by atoms with Gasteiger partial charge in [0.1, 0.15) is 12.1 Å². The number of likely N-dealkylation sites (tertiary alicyclic amines) is 2. The van der Waals surface area contributed by atoms with Gasteiger partial charge in [-0.3, -0.25) is 14.6 Å². The molecule has 0 bridgehead atoms. The van der Waals surface area contributed by atoms with Crippen molar-refractivity contribution in [1.82, 2.24) is 40.3 Å². The molecule has 1 N–H and O–H groups in total. The highest BCUT2D eigenvalue weighted by molar-refractivity contribution is 5.97. The number of hydrogen-bond acceptors (Lipinski definition) is 8. The molecule has 2 saturated heterocycles. The Hall–Kier alpha value is -4.78. The summed E-state index contributed by atoms with van der Waals surface area (Å²) in [5.74, 6) is -1.63. The van der Waals surface area contributed by atoms with Crippen molar-refractivity contribution in [2.24, 2.45) is 0 Å². The van der Waals surface area contributed by atoms with Crippen molar-refractivity contribution in [3.8, 4) is 11.4 Å². The fraction of sp³-hybridized carbons (Fsp3) is 0.375. The van der Waals surface area contributed by atoms with Crippen LogP contribution < -0.4 is 10.1 Å². The molecule has 4 aromatic rings. The maximum atomic E-state index is 14.6. The minimum absolute atomic E-state index is 0.230. The molecule has 2 amide bonds. The van der Waals surface area contributed by atoms with E-state index in [2.05, 4.69) is 30.7 Å². The number of piperidine rings is 1. The molecule has 13 heteroatoms. The lowest BCUT2D eigenvalue weighted by Gasteiger charge is -2.43. The highest BCUT2D eigenvalue weighted by Crippen LogP contribution is 2.41. The summed E-state index contributed by atoms with van der Waals surface area (Å²) in [5.41, 5.74) is 1.59. The zero-order chi connectivity index (χ0) is 31.4. The minimum Gasteiger partial charge on any atom is -0.496 e. The van der Waals surface area contributed by atoms with Gasteiger partial charge < -0.3 is 19.9 Å². The molecule has 0 spiro atoms. The van der Waals surface area contributed by atoms with E-state index in [4.69, 9.17) is 4.74 Å². The molecule has 11 nitrogen and oxygen atoms in total. The highest BCUT2D eigenvalue weighted by atomic mass is 19.2. The number of methoxy groups -OCH3 is 1. The number of carbonyl (C=O) groups excluding carboxylic acids is 2. The van der Waals surface area contributed by atoms with Crippen LogP contribution in [-0.4, -0.2) is 87.1 Å². The average Bonchev–Trinajstić information content (AvgIpc) is 3.78. The molecule has 2 aliphatic heterocycles. The molecule has 1 unspecified atom stereocenters. The lowest BCUT2D eigenvalue weighted by atomic mass is 9.76. The smallest absolute Gasteiger partial charge is 0.257 e. The number of nitrogens with zero attached hydrogens (tertiary/aromatic N) is 7. The minimum atomic E-state index is -0.910. The second kappa shape index (κ2) is 12.7. The molecule has 0 radical (unpaired) electrons. The molecule has 4 heterocycles. The van der Waals surface area contributed by atoms with Gasteiger partial charge >= 0.3 is 0 Å². The summed E-state index contributed by atoms with van der Waals surface area (Å²) in [6.45, 7) is 2.93. The van der Waals surface area contributed by atoms with Gasteiger partial charge in [-0.05, 0) is 96.2 Å². The number of nitrogens with one attached hydrogen (secondary N) is 1. The molecule has 1 atom stereocenters. The van der Waals surface area contributed by atoms with Crippen LogP contribution in [0.4, 0.5) is 8.78 Å². The molecule has 45 heavy (non-hydrogen) atoms. The molecule has 0 saturated carbocycles. The molecule has 0 aliphatic carbocycles. The summed E-state index contributed by atoms with van der Waals surface area (Å²) < 4.78 is 35.6. The average molecular weight is 617 g/mol. The fourth-order valence-electron chi connectivity index (χ4n) is 6.74. The Kier molecular flexibility index (Phi) is 8.52. The quantitative estimate of drug-likeness (QED) is 0.270. The second-order valence-electron chi connectivity index (χ2n) is 11.7. The fourth-order valence-corrected chi connectivity index (χ4v) is 6.74. The monoisotopic (exact) mass is 616 g/mol. The number of carbonyl (C=O) groups is 2. The number of rotatable bonds is 10. The molecule has 2 aromatic carbocycles. The number of aromatic nitrogens is 5. The van der Waals surface area contributed by atoms with Gasteiger partial charge in [0.15, 0.2) is 11.6 Å². The predicted octanol–water partition coefficient (Wildman–Crippen LogP) is 3.26.